The number of ether oxygens (including phenoxy) is 2. The van der Waals surface area contributed by atoms with E-state index in [1.807, 2.05) is 43.3 Å². The van der Waals surface area contributed by atoms with Gasteiger partial charge < -0.3 is 9.47 Å². The minimum absolute atomic E-state index is 0.230. The molecule has 0 bridgehead atoms. The molecule has 0 aliphatic rings. The molecule has 106 valence electrons. The Balaban J connectivity index is 1.87. The van der Waals surface area contributed by atoms with Crippen molar-refractivity contribution in [3.63, 3.8) is 0 Å². The molecule has 0 heterocycles. The lowest BCUT2D eigenvalue weighted by molar-refractivity contribution is 0.119. The fourth-order valence-corrected chi connectivity index (χ4v) is 2.01. The lowest BCUT2D eigenvalue weighted by Crippen LogP contribution is -2.06. The van der Waals surface area contributed by atoms with E-state index in [0.29, 0.717) is 5.92 Å². The fraction of sp³-hybridized carbons (Fsp3) is 0.333. The third-order valence-corrected chi connectivity index (χ3v) is 3.60. The van der Waals surface area contributed by atoms with Crippen LogP contribution in [0.25, 0.3) is 0 Å². The molecule has 2 aromatic carbocycles. The maximum atomic E-state index is 5.62. The van der Waals surface area contributed by atoms with Crippen molar-refractivity contribution < 1.29 is 9.47 Å². The van der Waals surface area contributed by atoms with Gasteiger partial charge in [-0.15, -0.1) is 0 Å². The molecule has 0 aliphatic heterocycles. The molecule has 1 unspecified atom stereocenters. The van der Waals surface area contributed by atoms with Crippen LogP contribution in [0.2, 0.25) is 0 Å². The number of aryl methyl sites for hydroxylation is 1. The zero-order valence-corrected chi connectivity index (χ0v) is 12.4. The summed E-state index contributed by atoms with van der Waals surface area (Å²) in [6, 6.07) is 16.2. The Morgan fingerprint density at radius 2 is 1.65 bits per heavy atom. The summed E-state index contributed by atoms with van der Waals surface area (Å²) in [4.78, 5) is 0. The van der Waals surface area contributed by atoms with Gasteiger partial charge >= 0.3 is 0 Å². The van der Waals surface area contributed by atoms with E-state index in [9.17, 15) is 0 Å². The second-order valence-electron chi connectivity index (χ2n) is 5.05. The predicted octanol–water partition coefficient (Wildman–Crippen LogP) is 4.92. The van der Waals surface area contributed by atoms with Gasteiger partial charge in [0.05, 0.1) is 0 Å². The number of hydrogen-bond acceptors (Lipinski definition) is 2. The van der Waals surface area contributed by atoms with E-state index in [2.05, 4.69) is 26.0 Å². The first-order chi connectivity index (χ1) is 9.70. The maximum Gasteiger partial charge on any atom is 0.230 e. The molecule has 0 N–H and O–H groups in total. The molecule has 1 atom stereocenters. The second-order valence-corrected chi connectivity index (χ2v) is 5.05. The minimum atomic E-state index is 0.230. The van der Waals surface area contributed by atoms with E-state index in [-0.39, 0.29) is 6.79 Å². The van der Waals surface area contributed by atoms with Gasteiger partial charge in [0.1, 0.15) is 11.5 Å². The highest BCUT2D eigenvalue weighted by atomic mass is 16.7. The van der Waals surface area contributed by atoms with Gasteiger partial charge in [0.25, 0.3) is 0 Å². The van der Waals surface area contributed by atoms with Gasteiger partial charge in [-0.25, -0.2) is 0 Å². The summed E-state index contributed by atoms with van der Waals surface area (Å²) < 4.78 is 11.2. The van der Waals surface area contributed by atoms with E-state index in [1.54, 1.807) is 0 Å². The van der Waals surface area contributed by atoms with Crippen LogP contribution in [0.4, 0.5) is 0 Å². The maximum absolute atomic E-state index is 5.62. The highest BCUT2D eigenvalue weighted by Gasteiger charge is 2.03. The van der Waals surface area contributed by atoms with Crippen LogP contribution < -0.4 is 9.47 Å². The fourth-order valence-electron chi connectivity index (χ4n) is 2.01. The van der Waals surface area contributed by atoms with E-state index < -0.39 is 0 Å². The van der Waals surface area contributed by atoms with Crippen molar-refractivity contribution in [3.05, 3.63) is 59.7 Å². The molecule has 0 saturated carbocycles. The highest BCUT2D eigenvalue weighted by Crippen LogP contribution is 2.22. The van der Waals surface area contributed by atoms with Crippen LogP contribution in [0.5, 0.6) is 11.5 Å². The predicted molar refractivity (Wildman–Crippen MR) is 82.5 cm³/mol. The summed E-state index contributed by atoms with van der Waals surface area (Å²) >= 11 is 0. The van der Waals surface area contributed by atoms with Crippen molar-refractivity contribution in [1.29, 1.82) is 0 Å². The monoisotopic (exact) mass is 270 g/mol. The number of rotatable bonds is 6. The Bertz CT molecular complexity index is 531. The van der Waals surface area contributed by atoms with Crippen LogP contribution in [0, 0.1) is 6.92 Å². The van der Waals surface area contributed by atoms with Gasteiger partial charge in [-0.2, -0.15) is 0 Å². The van der Waals surface area contributed by atoms with Crippen molar-refractivity contribution in [2.24, 2.45) is 0 Å². The van der Waals surface area contributed by atoms with Crippen molar-refractivity contribution >= 4 is 0 Å². The quantitative estimate of drug-likeness (QED) is 0.693. The average molecular weight is 270 g/mol. The lowest BCUT2D eigenvalue weighted by atomic mass is 9.99. The second kappa shape index (κ2) is 6.99. The van der Waals surface area contributed by atoms with Crippen LogP contribution in [-0.2, 0) is 0 Å². The summed E-state index contributed by atoms with van der Waals surface area (Å²) in [6.45, 7) is 6.69. The van der Waals surface area contributed by atoms with Gasteiger partial charge in [-0.05, 0) is 48.6 Å². The van der Waals surface area contributed by atoms with Gasteiger partial charge in [0, 0.05) is 0 Å². The van der Waals surface area contributed by atoms with Crippen molar-refractivity contribution in [2.75, 3.05) is 6.79 Å². The zero-order chi connectivity index (χ0) is 14.4. The zero-order valence-electron chi connectivity index (χ0n) is 12.4. The van der Waals surface area contributed by atoms with Crippen molar-refractivity contribution in [1.82, 2.24) is 0 Å². The summed E-state index contributed by atoms with van der Waals surface area (Å²) in [6.07, 6.45) is 1.15. The van der Waals surface area contributed by atoms with Crippen LogP contribution in [0.15, 0.2) is 48.5 Å². The van der Waals surface area contributed by atoms with E-state index in [1.165, 1.54) is 5.56 Å². The third kappa shape index (κ3) is 3.77. The smallest absolute Gasteiger partial charge is 0.230 e. The molecular formula is C18H22O2. The molecule has 0 saturated heterocycles. The van der Waals surface area contributed by atoms with Crippen LogP contribution in [0.1, 0.15) is 37.3 Å². The molecule has 0 radical (unpaired) electrons. The Morgan fingerprint density at radius 3 is 2.30 bits per heavy atom. The van der Waals surface area contributed by atoms with Gasteiger partial charge in [-0.3, -0.25) is 0 Å². The Hall–Kier alpha value is -1.96. The minimum Gasteiger partial charge on any atom is -0.458 e. The molecule has 0 fully saturated rings. The topological polar surface area (TPSA) is 18.5 Å². The van der Waals surface area contributed by atoms with Gasteiger partial charge in [0.15, 0.2) is 0 Å². The van der Waals surface area contributed by atoms with Crippen molar-refractivity contribution in [3.8, 4) is 11.5 Å². The first kappa shape index (κ1) is 14.4. The van der Waals surface area contributed by atoms with E-state index in [4.69, 9.17) is 9.47 Å². The third-order valence-electron chi connectivity index (χ3n) is 3.60. The van der Waals surface area contributed by atoms with Gasteiger partial charge in [0.2, 0.25) is 6.79 Å². The molecule has 2 nitrogen and oxygen atoms in total. The molecule has 0 aromatic heterocycles. The standard InChI is InChI=1S/C18H22O2/c1-4-14(2)16-9-11-17(12-10-16)19-13-20-18-8-6-5-7-15(18)3/h5-12,14H,4,13H2,1-3H3. The molecule has 2 rings (SSSR count). The van der Waals surface area contributed by atoms with Crippen molar-refractivity contribution in [2.45, 2.75) is 33.1 Å². The molecule has 0 spiro atoms. The Kier molecular flexibility index (Phi) is 5.05. The molecule has 2 heteroatoms. The summed E-state index contributed by atoms with van der Waals surface area (Å²) in [5, 5.41) is 0. The van der Waals surface area contributed by atoms with Crippen LogP contribution in [0.3, 0.4) is 0 Å². The highest BCUT2D eigenvalue weighted by molar-refractivity contribution is 5.32. The first-order valence-corrected chi connectivity index (χ1v) is 7.12. The SMILES string of the molecule is CCC(C)c1ccc(OCOc2ccccc2C)cc1. The molecule has 2 aromatic rings. The normalized spacial score (nSPS) is 11.9. The Morgan fingerprint density at radius 1 is 0.950 bits per heavy atom. The van der Waals surface area contributed by atoms with Crippen LogP contribution in [-0.4, -0.2) is 6.79 Å². The number of hydrogen-bond donors (Lipinski definition) is 0. The molecular weight excluding hydrogens is 248 g/mol. The largest absolute Gasteiger partial charge is 0.458 e. The lowest BCUT2D eigenvalue weighted by Gasteiger charge is -2.12. The summed E-state index contributed by atoms with van der Waals surface area (Å²) in [5.74, 6) is 2.29. The first-order valence-electron chi connectivity index (χ1n) is 7.12. The Labute approximate surface area is 121 Å². The molecule has 20 heavy (non-hydrogen) atoms. The number of para-hydroxylation sites is 1. The van der Waals surface area contributed by atoms with Gasteiger partial charge in [-0.1, -0.05) is 44.2 Å². The summed E-state index contributed by atoms with van der Waals surface area (Å²) in [5.41, 5.74) is 2.46. The number of benzene rings is 2. The molecule has 0 aliphatic carbocycles. The van der Waals surface area contributed by atoms with E-state index >= 15 is 0 Å². The average Bonchev–Trinajstić information content (AvgIpc) is 2.49. The van der Waals surface area contributed by atoms with E-state index in [0.717, 1.165) is 23.5 Å². The summed E-state index contributed by atoms with van der Waals surface area (Å²) in [7, 11) is 0. The molecule has 0 amide bonds. The van der Waals surface area contributed by atoms with Crippen LogP contribution >= 0.6 is 0 Å².